The van der Waals surface area contributed by atoms with Crippen molar-refractivity contribution in [1.29, 1.82) is 0 Å². The van der Waals surface area contributed by atoms with E-state index < -0.39 is 7.82 Å². The lowest BCUT2D eigenvalue weighted by atomic mass is 9.97. The van der Waals surface area contributed by atoms with E-state index in [2.05, 4.69) is 99.0 Å². The monoisotopic (exact) mass is 822 g/mol. The van der Waals surface area contributed by atoms with E-state index in [1.807, 2.05) is 0 Å². The Hall–Kier alpha value is -0.0100. The molecular weight excluding hydrogens is 714 g/mol. The smallest absolute Gasteiger partial charge is 0.316 e. The van der Waals surface area contributed by atoms with Crippen molar-refractivity contribution in [3.8, 4) is 0 Å². The van der Waals surface area contributed by atoms with Crippen LogP contribution in [0.3, 0.4) is 0 Å². The van der Waals surface area contributed by atoms with Gasteiger partial charge in [-0.25, -0.2) is 4.57 Å². The van der Waals surface area contributed by atoms with Gasteiger partial charge in [0.2, 0.25) is 0 Å². The first-order chi connectivity index (χ1) is 26.8. The van der Waals surface area contributed by atoms with Gasteiger partial charge in [-0.3, -0.25) is 0 Å². The minimum atomic E-state index is -4.64. The molecular formula is C48H108N3O4P. The van der Waals surface area contributed by atoms with Gasteiger partial charge in [-0.2, -0.15) is 0 Å². The van der Waals surface area contributed by atoms with Crippen molar-refractivity contribution in [2.45, 2.75) is 237 Å². The number of hydrogen-bond donors (Lipinski definition) is 6. The van der Waals surface area contributed by atoms with Crippen LogP contribution in [0.1, 0.15) is 237 Å². The lowest BCUT2D eigenvalue weighted by Gasteiger charge is -2.19. The molecule has 0 radical (unpaired) electrons. The SMILES string of the molecule is CCCCC(CC)CNCC(CC)CCCC.CCCCC(CC)CNCC(CC)CCCC.CCCCC(CC)CNCC(CC)CCCC.O=P(O)(O)O. The van der Waals surface area contributed by atoms with Crippen LogP contribution in [-0.2, 0) is 4.57 Å². The van der Waals surface area contributed by atoms with Crippen LogP contribution in [0.2, 0.25) is 0 Å². The molecule has 7 nitrogen and oxygen atoms in total. The largest absolute Gasteiger partial charge is 0.466 e. The molecule has 56 heavy (non-hydrogen) atoms. The molecule has 0 rings (SSSR count). The molecule has 0 fully saturated rings. The van der Waals surface area contributed by atoms with E-state index in [1.54, 1.807) is 0 Å². The zero-order chi connectivity index (χ0) is 43.3. The summed E-state index contributed by atoms with van der Waals surface area (Å²) in [5.41, 5.74) is 0. The number of hydrogen-bond acceptors (Lipinski definition) is 4. The third-order valence-corrected chi connectivity index (χ3v) is 11.9. The van der Waals surface area contributed by atoms with Gasteiger partial charge < -0.3 is 30.6 Å². The Balaban J connectivity index is -0.000000340. The summed E-state index contributed by atoms with van der Waals surface area (Å²) >= 11 is 0. The van der Waals surface area contributed by atoms with Crippen LogP contribution in [0.4, 0.5) is 0 Å². The quantitative estimate of drug-likeness (QED) is 0.0349. The first kappa shape index (κ1) is 62.6. The highest BCUT2D eigenvalue weighted by molar-refractivity contribution is 7.45. The Kier molecular flexibility index (Phi) is 55.2. The molecule has 0 bridgehead atoms. The van der Waals surface area contributed by atoms with E-state index in [0.717, 1.165) is 35.5 Å². The maximum absolute atomic E-state index is 8.88. The maximum Gasteiger partial charge on any atom is 0.466 e. The molecule has 6 atom stereocenters. The fraction of sp³-hybridized carbons (Fsp3) is 1.00. The van der Waals surface area contributed by atoms with E-state index in [0.29, 0.717) is 0 Å². The molecule has 6 N–H and O–H groups in total. The third kappa shape index (κ3) is 52.0. The first-order valence-corrected chi connectivity index (χ1v) is 26.3. The minimum Gasteiger partial charge on any atom is -0.316 e. The van der Waals surface area contributed by atoms with Gasteiger partial charge in [-0.15, -0.1) is 0 Å². The molecule has 8 heteroatoms. The average Bonchev–Trinajstić information content (AvgIpc) is 3.19. The van der Waals surface area contributed by atoms with E-state index in [4.69, 9.17) is 19.2 Å². The molecule has 0 saturated heterocycles. The Morgan fingerprint density at radius 1 is 0.321 bits per heavy atom. The highest BCUT2D eigenvalue weighted by atomic mass is 31.2. The second-order valence-electron chi connectivity index (χ2n) is 17.0. The van der Waals surface area contributed by atoms with Crippen molar-refractivity contribution in [1.82, 2.24) is 16.0 Å². The highest BCUT2D eigenvalue weighted by Crippen LogP contribution is 2.26. The van der Waals surface area contributed by atoms with Crippen molar-refractivity contribution in [3.05, 3.63) is 0 Å². The molecule has 6 unspecified atom stereocenters. The summed E-state index contributed by atoms with van der Waals surface area (Å²) in [6.45, 7) is 35.1. The minimum absolute atomic E-state index is 0.902. The van der Waals surface area contributed by atoms with Crippen molar-refractivity contribution in [2.75, 3.05) is 39.3 Å². The molecule has 0 saturated carbocycles. The Morgan fingerprint density at radius 2 is 0.446 bits per heavy atom. The van der Waals surface area contributed by atoms with Gasteiger partial charge in [0.1, 0.15) is 0 Å². The summed E-state index contributed by atoms with van der Waals surface area (Å²) in [6, 6.07) is 0. The summed E-state index contributed by atoms with van der Waals surface area (Å²) in [6.07, 6.45) is 32.8. The molecule has 0 spiro atoms. The predicted octanol–water partition coefficient (Wildman–Crippen LogP) is 14.1. The predicted molar refractivity (Wildman–Crippen MR) is 253 cm³/mol. The zero-order valence-electron chi connectivity index (χ0n) is 40.4. The second-order valence-corrected chi connectivity index (χ2v) is 18.0. The van der Waals surface area contributed by atoms with Crippen LogP contribution in [0, 0.1) is 35.5 Å². The lowest BCUT2D eigenvalue weighted by molar-refractivity contribution is 0.275. The van der Waals surface area contributed by atoms with E-state index in [1.165, 1.54) is 193 Å². The standard InChI is InChI=1S/3C16H35N.H3O4P/c3*1-5-9-11-15(7-3)13-17-14-16(8-4)12-10-6-2;1-5(2,3)4/h3*15-17H,5-14H2,1-4H3;(H3,1,2,3,4). The molecule has 0 aliphatic rings. The summed E-state index contributed by atoms with van der Waals surface area (Å²) in [7, 11) is -4.64. The molecule has 0 aromatic carbocycles. The molecule has 0 aliphatic carbocycles. The van der Waals surface area contributed by atoms with Gasteiger partial charge >= 0.3 is 7.82 Å². The molecule has 0 amide bonds. The van der Waals surface area contributed by atoms with Gasteiger partial charge in [-0.05, 0) is 113 Å². The number of phosphoric acid groups is 1. The van der Waals surface area contributed by atoms with Crippen molar-refractivity contribution in [2.24, 2.45) is 35.5 Å². The Labute approximate surface area is 353 Å². The first-order valence-electron chi connectivity index (χ1n) is 24.7. The Morgan fingerprint density at radius 3 is 0.536 bits per heavy atom. The summed E-state index contributed by atoms with van der Waals surface area (Å²) in [5, 5.41) is 11.1. The topological polar surface area (TPSA) is 114 Å². The van der Waals surface area contributed by atoms with Gasteiger partial charge in [0.15, 0.2) is 0 Å². The van der Waals surface area contributed by atoms with Crippen molar-refractivity contribution < 1.29 is 19.2 Å². The molecule has 0 aliphatic heterocycles. The lowest BCUT2D eigenvalue weighted by Crippen LogP contribution is -2.28. The van der Waals surface area contributed by atoms with Gasteiger partial charge in [0.05, 0.1) is 0 Å². The van der Waals surface area contributed by atoms with Crippen LogP contribution in [0.15, 0.2) is 0 Å². The maximum atomic E-state index is 8.88. The van der Waals surface area contributed by atoms with Crippen molar-refractivity contribution in [3.63, 3.8) is 0 Å². The summed E-state index contributed by atoms with van der Waals surface area (Å²) < 4.78 is 8.88. The number of rotatable bonds is 36. The molecule has 0 heterocycles. The zero-order valence-corrected chi connectivity index (χ0v) is 41.3. The third-order valence-electron chi connectivity index (χ3n) is 11.9. The average molecular weight is 822 g/mol. The molecule has 0 aromatic heterocycles. The van der Waals surface area contributed by atoms with Crippen LogP contribution < -0.4 is 16.0 Å². The second kappa shape index (κ2) is 49.4. The molecule has 0 aromatic rings. The number of unbranched alkanes of at least 4 members (excludes halogenated alkanes) is 6. The van der Waals surface area contributed by atoms with E-state index in [-0.39, 0.29) is 0 Å². The van der Waals surface area contributed by atoms with Gasteiger partial charge in [0.25, 0.3) is 0 Å². The summed E-state index contributed by atoms with van der Waals surface area (Å²) in [5.74, 6) is 5.41. The van der Waals surface area contributed by atoms with Crippen LogP contribution >= 0.6 is 7.82 Å². The summed E-state index contributed by atoms with van der Waals surface area (Å²) in [4.78, 5) is 21.6. The Bertz CT molecular complexity index is 619. The van der Waals surface area contributed by atoms with Crippen LogP contribution in [-0.4, -0.2) is 53.9 Å². The highest BCUT2D eigenvalue weighted by Gasteiger charge is 2.11. The van der Waals surface area contributed by atoms with Crippen molar-refractivity contribution >= 4 is 7.82 Å². The van der Waals surface area contributed by atoms with Gasteiger partial charge in [0, 0.05) is 0 Å². The van der Waals surface area contributed by atoms with Gasteiger partial charge in [-0.1, -0.05) is 199 Å². The van der Waals surface area contributed by atoms with Crippen LogP contribution in [0.5, 0.6) is 0 Å². The number of nitrogens with one attached hydrogen (secondary N) is 3. The van der Waals surface area contributed by atoms with Crippen LogP contribution in [0.25, 0.3) is 0 Å². The fourth-order valence-electron chi connectivity index (χ4n) is 7.13. The molecule has 344 valence electrons. The van der Waals surface area contributed by atoms with E-state index in [9.17, 15) is 0 Å². The normalized spacial score (nSPS) is 14.6. The van der Waals surface area contributed by atoms with E-state index >= 15 is 0 Å². The fourth-order valence-corrected chi connectivity index (χ4v) is 7.13.